The minimum atomic E-state index is -1.40. The summed E-state index contributed by atoms with van der Waals surface area (Å²) in [7, 11) is 4.16. The van der Waals surface area contributed by atoms with Crippen LogP contribution in [0.2, 0.25) is 0 Å². The second-order valence-corrected chi connectivity index (χ2v) is 8.94. The van der Waals surface area contributed by atoms with Gasteiger partial charge in [0.25, 0.3) is 5.88 Å². The summed E-state index contributed by atoms with van der Waals surface area (Å²) in [4.78, 5) is 38.8. The third-order valence-corrected chi connectivity index (χ3v) is 5.40. The molecule has 1 aromatic rings. The first kappa shape index (κ1) is 28.7. The number of methoxy groups -OCH3 is 3. The summed E-state index contributed by atoms with van der Waals surface area (Å²) < 4.78 is 25.3. The molecular formula is C22H36N4O9. The van der Waals surface area contributed by atoms with E-state index in [1.54, 1.807) is 6.92 Å². The fourth-order valence-corrected chi connectivity index (χ4v) is 3.35. The Kier molecular flexibility index (Phi) is 10.6. The second-order valence-electron chi connectivity index (χ2n) is 8.94. The zero-order valence-corrected chi connectivity index (χ0v) is 21.0. The first-order valence-corrected chi connectivity index (χ1v) is 11.3. The van der Waals surface area contributed by atoms with Gasteiger partial charge in [-0.15, -0.1) is 0 Å². The number of Topliss-reactive ketones (excluding diaryl/α,β-unsaturated/α-hetero) is 1. The number of carbonyl (C=O) groups is 3. The Balaban J connectivity index is 2.07. The molecule has 0 saturated carbocycles. The summed E-state index contributed by atoms with van der Waals surface area (Å²) in [6.07, 6.45) is -0.989. The molecule has 4 N–H and O–H groups in total. The molecule has 2 rings (SSSR count). The number of nitrogens with zero attached hydrogens (tertiary/aromatic N) is 1. The standard InChI is InChI=1S/C22H36N4O9/c1-12(2)7-13(18(27)22(3)11-34-22)23-19(28)14(9-31-4)24-20(29)15(10-32-5)25-21(30)16-8-17(33-6)26-35-16/h8,12-15,21,25,30H,7,9-11H2,1-6H3,(H,23,28)(H,24,29). The summed E-state index contributed by atoms with van der Waals surface area (Å²) >= 11 is 0. The molecule has 13 nitrogen and oxygen atoms in total. The van der Waals surface area contributed by atoms with Gasteiger partial charge in [0.05, 0.1) is 33.0 Å². The van der Waals surface area contributed by atoms with E-state index in [2.05, 4.69) is 21.1 Å². The molecule has 35 heavy (non-hydrogen) atoms. The molecule has 0 aliphatic carbocycles. The minimum Gasteiger partial charge on any atom is -0.479 e. The van der Waals surface area contributed by atoms with Gasteiger partial charge in [0.15, 0.2) is 17.8 Å². The summed E-state index contributed by atoms with van der Waals surface area (Å²) in [5, 5.41) is 21.9. The topological polar surface area (TPSA) is 174 Å². The average molecular weight is 501 g/mol. The van der Waals surface area contributed by atoms with Crippen molar-refractivity contribution in [1.82, 2.24) is 21.1 Å². The maximum atomic E-state index is 13.0. The second kappa shape index (κ2) is 12.9. The van der Waals surface area contributed by atoms with Gasteiger partial charge in [0.1, 0.15) is 17.7 Å². The molecular weight excluding hydrogens is 464 g/mol. The van der Waals surface area contributed by atoms with Crippen LogP contribution in [-0.2, 0) is 28.6 Å². The number of aliphatic hydroxyl groups excluding tert-OH is 1. The quantitative estimate of drug-likeness (QED) is 0.167. The maximum absolute atomic E-state index is 13.0. The van der Waals surface area contributed by atoms with Gasteiger partial charge in [-0.05, 0) is 24.4 Å². The van der Waals surface area contributed by atoms with Crippen LogP contribution in [0.1, 0.15) is 39.2 Å². The lowest BCUT2D eigenvalue weighted by Gasteiger charge is -2.26. The molecule has 2 heterocycles. The van der Waals surface area contributed by atoms with Gasteiger partial charge in [-0.3, -0.25) is 19.7 Å². The number of amides is 2. The van der Waals surface area contributed by atoms with Crippen molar-refractivity contribution >= 4 is 17.6 Å². The highest BCUT2D eigenvalue weighted by molar-refractivity contribution is 5.98. The van der Waals surface area contributed by atoms with Crippen LogP contribution in [0, 0.1) is 5.92 Å². The third kappa shape index (κ3) is 8.25. The summed E-state index contributed by atoms with van der Waals surface area (Å²) in [6, 6.07) is -1.59. The molecule has 0 aromatic carbocycles. The SMILES string of the molecule is COCC(NC(=O)C(COC)NC(O)c1cc(OC)no1)C(=O)NC(CC(C)C)C(=O)C1(C)CO1. The molecule has 5 unspecified atom stereocenters. The Morgan fingerprint density at radius 1 is 1.09 bits per heavy atom. The molecule has 2 amide bonds. The minimum absolute atomic E-state index is 0.0211. The Hall–Kier alpha value is -2.58. The van der Waals surface area contributed by atoms with Gasteiger partial charge >= 0.3 is 0 Å². The summed E-state index contributed by atoms with van der Waals surface area (Å²) in [5.41, 5.74) is -0.903. The van der Waals surface area contributed by atoms with Crippen LogP contribution in [-0.4, -0.2) is 92.7 Å². The highest BCUT2D eigenvalue weighted by atomic mass is 16.6. The van der Waals surface area contributed by atoms with Gasteiger partial charge in [0.2, 0.25) is 11.8 Å². The molecule has 1 fully saturated rings. The van der Waals surface area contributed by atoms with Gasteiger partial charge in [-0.1, -0.05) is 13.8 Å². The maximum Gasteiger partial charge on any atom is 0.254 e. The monoisotopic (exact) mass is 500 g/mol. The molecule has 198 valence electrons. The van der Waals surface area contributed by atoms with Crippen LogP contribution < -0.4 is 20.7 Å². The number of hydrogen-bond acceptors (Lipinski definition) is 11. The Morgan fingerprint density at radius 2 is 1.66 bits per heavy atom. The summed E-state index contributed by atoms with van der Waals surface area (Å²) in [6.45, 7) is 5.59. The number of ether oxygens (including phenoxy) is 4. The van der Waals surface area contributed by atoms with Crippen molar-refractivity contribution in [2.45, 2.75) is 57.1 Å². The first-order valence-electron chi connectivity index (χ1n) is 11.3. The lowest BCUT2D eigenvalue weighted by Crippen LogP contribution is -2.58. The molecule has 1 aliphatic rings. The predicted molar refractivity (Wildman–Crippen MR) is 121 cm³/mol. The largest absolute Gasteiger partial charge is 0.479 e. The molecule has 5 atom stereocenters. The number of aromatic nitrogens is 1. The first-order chi connectivity index (χ1) is 16.5. The molecule has 1 aliphatic heterocycles. The number of epoxide rings is 1. The molecule has 0 spiro atoms. The third-order valence-electron chi connectivity index (χ3n) is 5.40. The van der Waals surface area contributed by atoms with Crippen molar-refractivity contribution in [2.24, 2.45) is 5.92 Å². The Labute approximate surface area is 204 Å². The summed E-state index contributed by atoms with van der Waals surface area (Å²) in [5.74, 6) is -1.13. The molecule has 13 heteroatoms. The van der Waals surface area contributed by atoms with Crippen LogP contribution in [0.25, 0.3) is 0 Å². The van der Waals surface area contributed by atoms with Crippen LogP contribution in [0.5, 0.6) is 5.88 Å². The van der Waals surface area contributed by atoms with E-state index in [-0.39, 0.29) is 36.6 Å². The molecule has 1 aromatic heterocycles. The number of carbonyl (C=O) groups excluding carboxylic acids is 3. The van der Waals surface area contributed by atoms with E-state index < -0.39 is 41.8 Å². The Morgan fingerprint density at radius 3 is 2.17 bits per heavy atom. The van der Waals surface area contributed by atoms with Gasteiger partial charge in [0, 0.05) is 20.3 Å². The average Bonchev–Trinajstić information content (AvgIpc) is 3.37. The van der Waals surface area contributed by atoms with E-state index in [0.29, 0.717) is 13.0 Å². The van der Waals surface area contributed by atoms with E-state index in [1.807, 2.05) is 13.8 Å². The van der Waals surface area contributed by atoms with Gasteiger partial charge in [-0.2, -0.15) is 0 Å². The van der Waals surface area contributed by atoms with E-state index in [4.69, 9.17) is 23.5 Å². The van der Waals surface area contributed by atoms with Crippen LogP contribution in [0.3, 0.4) is 0 Å². The lowest BCUT2D eigenvalue weighted by atomic mass is 9.93. The van der Waals surface area contributed by atoms with E-state index >= 15 is 0 Å². The fourth-order valence-electron chi connectivity index (χ4n) is 3.35. The number of nitrogens with one attached hydrogen (secondary N) is 3. The van der Waals surface area contributed by atoms with Crippen LogP contribution >= 0.6 is 0 Å². The zero-order valence-electron chi connectivity index (χ0n) is 21.0. The predicted octanol–water partition coefficient (Wildman–Crippen LogP) is -0.701. The number of rotatable bonds is 16. The highest BCUT2D eigenvalue weighted by Crippen LogP contribution is 2.29. The van der Waals surface area contributed by atoms with E-state index in [9.17, 15) is 19.5 Å². The normalized spacial score (nSPS) is 20.6. The van der Waals surface area contributed by atoms with Crippen LogP contribution in [0.4, 0.5) is 0 Å². The molecule has 1 saturated heterocycles. The van der Waals surface area contributed by atoms with Crippen molar-refractivity contribution in [1.29, 1.82) is 0 Å². The van der Waals surface area contributed by atoms with Crippen molar-refractivity contribution in [3.63, 3.8) is 0 Å². The van der Waals surface area contributed by atoms with E-state index in [1.165, 1.54) is 27.4 Å². The fraction of sp³-hybridized carbons (Fsp3) is 0.727. The lowest BCUT2D eigenvalue weighted by molar-refractivity contribution is -0.135. The van der Waals surface area contributed by atoms with E-state index in [0.717, 1.165) is 0 Å². The van der Waals surface area contributed by atoms with Crippen molar-refractivity contribution in [2.75, 3.05) is 41.2 Å². The Bertz CT molecular complexity index is 856. The van der Waals surface area contributed by atoms with Crippen molar-refractivity contribution in [3.05, 3.63) is 11.8 Å². The highest BCUT2D eigenvalue weighted by Gasteiger charge is 2.50. The molecule has 0 bridgehead atoms. The number of ketones is 1. The van der Waals surface area contributed by atoms with Crippen molar-refractivity contribution < 1.29 is 43.0 Å². The zero-order chi connectivity index (χ0) is 26.2. The van der Waals surface area contributed by atoms with Crippen LogP contribution in [0.15, 0.2) is 10.6 Å². The van der Waals surface area contributed by atoms with Crippen molar-refractivity contribution in [3.8, 4) is 5.88 Å². The number of hydrogen-bond donors (Lipinski definition) is 4. The number of aliphatic hydroxyl groups is 1. The molecule has 0 radical (unpaired) electrons. The van der Waals surface area contributed by atoms with Gasteiger partial charge in [-0.25, -0.2) is 0 Å². The van der Waals surface area contributed by atoms with Gasteiger partial charge < -0.3 is 39.2 Å². The smallest absolute Gasteiger partial charge is 0.254 e.